The normalized spacial score (nSPS) is 12.5. The number of nitrogens with one attached hydrogen (secondary N) is 1. The molecule has 0 saturated carbocycles. The molecule has 72 valence electrons. The predicted octanol–water partition coefficient (Wildman–Crippen LogP) is 1.46. The minimum atomic E-state index is -0.498. The minimum absolute atomic E-state index is 0.125. The molecule has 0 bridgehead atoms. The zero-order chi connectivity index (χ0) is 9.84. The van der Waals surface area contributed by atoms with E-state index in [4.69, 9.17) is 5.11 Å². The Balaban J connectivity index is 2.49. The SMILES string of the molecule is C[C@H](O)CNC(=O)c1csc(I)c1. The van der Waals surface area contributed by atoms with Crippen molar-refractivity contribution in [2.24, 2.45) is 0 Å². The van der Waals surface area contributed by atoms with Gasteiger partial charge >= 0.3 is 0 Å². The first-order valence-electron chi connectivity index (χ1n) is 3.80. The Kier molecular flexibility index (Phi) is 4.14. The molecule has 0 aliphatic carbocycles. The lowest BCUT2D eigenvalue weighted by molar-refractivity contribution is 0.0924. The number of amides is 1. The molecule has 1 amide bonds. The summed E-state index contributed by atoms with van der Waals surface area (Å²) in [6.45, 7) is 1.93. The Bertz CT molecular complexity index is 298. The lowest BCUT2D eigenvalue weighted by Gasteiger charge is -2.04. The van der Waals surface area contributed by atoms with E-state index in [0.717, 1.165) is 2.88 Å². The standard InChI is InChI=1S/C8H10INO2S/c1-5(11)3-10-8(12)6-2-7(9)13-4-6/h2,4-5,11H,3H2,1H3,(H,10,12)/t5-/m0/s1. The summed E-state index contributed by atoms with van der Waals surface area (Å²) in [7, 11) is 0. The molecular weight excluding hydrogens is 301 g/mol. The smallest absolute Gasteiger partial charge is 0.252 e. The van der Waals surface area contributed by atoms with Crippen molar-refractivity contribution < 1.29 is 9.90 Å². The summed E-state index contributed by atoms with van der Waals surface area (Å²) in [5.74, 6) is -0.125. The van der Waals surface area contributed by atoms with Crippen molar-refractivity contribution in [1.29, 1.82) is 0 Å². The second kappa shape index (κ2) is 4.92. The second-order valence-corrected chi connectivity index (χ2v) is 5.50. The van der Waals surface area contributed by atoms with E-state index >= 15 is 0 Å². The summed E-state index contributed by atoms with van der Waals surface area (Å²) in [5.41, 5.74) is 0.662. The Morgan fingerprint density at radius 1 is 1.85 bits per heavy atom. The van der Waals surface area contributed by atoms with E-state index in [1.165, 1.54) is 11.3 Å². The third-order valence-corrected chi connectivity index (χ3v) is 3.18. The van der Waals surface area contributed by atoms with Gasteiger partial charge in [-0.25, -0.2) is 0 Å². The summed E-state index contributed by atoms with van der Waals surface area (Å²) in [6.07, 6.45) is -0.498. The van der Waals surface area contributed by atoms with Crippen LogP contribution in [-0.2, 0) is 0 Å². The van der Waals surface area contributed by atoms with Crippen LogP contribution in [0.5, 0.6) is 0 Å². The first-order valence-corrected chi connectivity index (χ1v) is 5.75. The number of halogens is 1. The van der Waals surface area contributed by atoms with Crippen LogP contribution in [0.2, 0.25) is 0 Å². The summed E-state index contributed by atoms with van der Waals surface area (Å²) in [5, 5.41) is 13.4. The average molecular weight is 311 g/mol. The van der Waals surface area contributed by atoms with Crippen molar-refractivity contribution in [1.82, 2.24) is 5.32 Å². The molecule has 0 spiro atoms. The zero-order valence-corrected chi connectivity index (χ0v) is 10.1. The number of rotatable bonds is 3. The molecule has 13 heavy (non-hydrogen) atoms. The third-order valence-electron chi connectivity index (χ3n) is 1.39. The van der Waals surface area contributed by atoms with Crippen molar-refractivity contribution in [3.63, 3.8) is 0 Å². The molecule has 1 atom stereocenters. The van der Waals surface area contributed by atoms with Gasteiger partial charge in [-0.05, 0) is 35.6 Å². The van der Waals surface area contributed by atoms with E-state index in [-0.39, 0.29) is 5.91 Å². The van der Waals surface area contributed by atoms with Gasteiger partial charge in [0.2, 0.25) is 0 Å². The summed E-state index contributed by atoms with van der Waals surface area (Å²) >= 11 is 3.70. The highest BCUT2D eigenvalue weighted by Gasteiger charge is 2.07. The summed E-state index contributed by atoms with van der Waals surface area (Å²) in [4.78, 5) is 11.3. The molecule has 0 aliphatic rings. The van der Waals surface area contributed by atoms with Gasteiger partial charge in [0.25, 0.3) is 5.91 Å². The molecule has 1 aromatic rings. The van der Waals surface area contributed by atoms with Crippen LogP contribution in [0.1, 0.15) is 17.3 Å². The highest BCUT2D eigenvalue weighted by molar-refractivity contribution is 14.1. The quantitative estimate of drug-likeness (QED) is 0.831. The number of carbonyl (C=O) groups is 1. The van der Waals surface area contributed by atoms with Gasteiger partial charge in [-0.1, -0.05) is 0 Å². The van der Waals surface area contributed by atoms with Gasteiger partial charge in [0.1, 0.15) is 0 Å². The molecule has 2 N–H and O–H groups in total. The Morgan fingerprint density at radius 3 is 3.00 bits per heavy atom. The van der Waals surface area contributed by atoms with Crippen LogP contribution in [0.25, 0.3) is 0 Å². The van der Waals surface area contributed by atoms with E-state index < -0.39 is 6.10 Å². The van der Waals surface area contributed by atoms with Gasteiger partial charge in [0.05, 0.1) is 14.6 Å². The number of aliphatic hydroxyl groups excluding tert-OH is 1. The van der Waals surface area contributed by atoms with E-state index in [1.807, 2.05) is 6.07 Å². The average Bonchev–Trinajstić information content (AvgIpc) is 2.47. The fraction of sp³-hybridized carbons (Fsp3) is 0.375. The molecule has 0 unspecified atom stereocenters. The van der Waals surface area contributed by atoms with Gasteiger partial charge in [-0.2, -0.15) is 0 Å². The van der Waals surface area contributed by atoms with E-state index in [9.17, 15) is 4.79 Å². The van der Waals surface area contributed by atoms with Crippen LogP contribution in [0.15, 0.2) is 11.4 Å². The molecule has 1 rings (SSSR count). The molecule has 0 aromatic carbocycles. The monoisotopic (exact) mass is 311 g/mol. The van der Waals surface area contributed by atoms with E-state index in [0.29, 0.717) is 12.1 Å². The predicted molar refractivity (Wildman–Crippen MR) is 61.1 cm³/mol. The molecule has 0 radical (unpaired) electrons. The van der Waals surface area contributed by atoms with Gasteiger partial charge in [-0.15, -0.1) is 11.3 Å². The van der Waals surface area contributed by atoms with Gasteiger partial charge in [0, 0.05) is 11.9 Å². The number of hydrogen-bond donors (Lipinski definition) is 2. The van der Waals surface area contributed by atoms with Crippen LogP contribution >= 0.6 is 33.9 Å². The van der Waals surface area contributed by atoms with Crippen molar-refractivity contribution in [3.8, 4) is 0 Å². The van der Waals surface area contributed by atoms with Gasteiger partial charge in [-0.3, -0.25) is 4.79 Å². The highest BCUT2D eigenvalue weighted by Crippen LogP contribution is 2.16. The Labute approximate surface area is 94.3 Å². The van der Waals surface area contributed by atoms with Crippen LogP contribution in [0.4, 0.5) is 0 Å². The van der Waals surface area contributed by atoms with Crippen LogP contribution < -0.4 is 5.32 Å². The van der Waals surface area contributed by atoms with Crippen molar-refractivity contribution in [2.75, 3.05) is 6.54 Å². The topological polar surface area (TPSA) is 49.3 Å². The van der Waals surface area contributed by atoms with Gasteiger partial charge < -0.3 is 10.4 Å². The van der Waals surface area contributed by atoms with Gasteiger partial charge in [0.15, 0.2) is 0 Å². The Hall–Kier alpha value is -0.140. The molecule has 0 fully saturated rings. The molecule has 0 aliphatic heterocycles. The molecule has 3 nitrogen and oxygen atoms in total. The Morgan fingerprint density at radius 2 is 2.54 bits per heavy atom. The van der Waals surface area contributed by atoms with Crippen molar-refractivity contribution in [2.45, 2.75) is 13.0 Å². The fourth-order valence-corrected chi connectivity index (χ4v) is 2.10. The largest absolute Gasteiger partial charge is 0.392 e. The maximum atomic E-state index is 11.3. The van der Waals surface area contributed by atoms with Crippen LogP contribution in [0.3, 0.4) is 0 Å². The lowest BCUT2D eigenvalue weighted by atomic mass is 10.3. The summed E-state index contributed by atoms with van der Waals surface area (Å²) < 4.78 is 1.08. The summed E-state index contributed by atoms with van der Waals surface area (Å²) in [6, 6.07) is 1.82. The number of hydrogen-bond acceptors (Lipinski definition) is 3. The third kappa shape index (κ3) is 3.61. The molecule has 1 heterocycles. The van der Waals surface area contributed by atoms with Crippen molar-refractivity contribution >= 4 is 39.8 Å². The van der Waals surface area contributed by atoms with Crippen LogP contribution in [-0.4, -0.2) is 23.7 Å². The first-order chi connectivity index (χ1) is 6.09. The number of aliphatic hydroxyl groups is 1. The number of carbonyl (C=O) groups excluding carboxylic acids is 1. The molecule has 5 heteroatoms. The van der Waals surface area contributed by atoms with E-state index in [1.54, 1.807) is 12.3 Å². The van der Waals surface area contributed by atoms with Crippen LogP contribution in [0, 0.1) is 2.88 Å². The molecule has 0 saturated heterocycles. The fourth-order valence-electron chi connectivity index (χ4n) is 0.772. The maximum absolute atomic E-state index is 11.3. The first kappa shape index (κ1) is 10.9. The zero-order valence-electron chi connectivity index (χ0n) is 7.08. The second-order valence-electron chi connectivity index (χ2n) is 2.70. The van der Waals surface area contributed by atoms with Crippen molar-refractivity contribution in [3.05, 3.63) is 19.9 Å². The molecular formula is C8H10INO2S. The lowest BCUT2D eigenvalue weighted by Crippen LogP contribution is -2.30. The molecule has 1 aromatic heterocycles. The maximum Gasteiger partial charge on any atom is 0.252 e. The minimum Gasteiger partial charge on any atom is -0.392 e. The number of thiophene rings is 1. The highest BCUT2D eigenvalue weighted by atomic mass is 127. The van der Waals surface area contributed by atoms with E-state index in [2.05, 4.69) is 27.9 Å².